The fourth-order valence-corrected chi connectivity index (χ4v) is 2.15. The van der Waals surface area contributed by atoms with Gasteiger partial charge in [0.2, 0.25) is 5.91 Å². The molecule has 0 bridgehead atoms. The third kappa shape index (κ3) is 3.92. The Hall–Kier alpha value is -1.11. The van der Waals surface area contributed by atoms with E-state index in [1.54, 1.807) is 6.07 Å². The van der Waals surface area contributed by atoms with Gasteiger partial charge in [-0.1, -0.05) is 6.07 Å². The second-order valence-corrected chi connectivity index (χ2v) is 5.34. The van der Waals surface area contributed by atoms with Crippen molar-refractivity contribution in [1.29, 1.82) is 0 Å². The Labute approximate surface area is 115 Å². The molecule has 7 heteroatoms. The molecule has 1 aromatic carbocycles. The van der Waals surface area contributed by atoms with E-state index in [1.807, 2.05) is 0 Å². The maximum absolute atomic E-state index is 13.3. The Bertz CT molecular complexity index is 503. The molecule has 0 radical (unpaired) electrons. The van der Waals surface area contributed by atoms with Crippen LogP contribution in [0.3, 0.4) is 0 Å². The summed E-state index contributed by atoms with van der Waals surface area (Å²) in [6.45, 7) is 0. The summed E-state index contributed by atoms with van der Waals surface area (Å²) >= 11 is 3.02. The predicted molar refractivity (Wildman–Crippen MR) is 64.1 cm³/mol. The largest absolute Gasteiger partial charge is 0.397 e. The highest BCUT2D eigenvalue weighted by Gasteiger charge is 2.41. The average Bonchev–Trinajstić information content (AvgIpc) is 2.98. The van der Waals surface area contributed by atoms with Gasteiger partial charge in [0, 0.05) is 12.0 Å². The Morgan fingerprint density at radius 2 is 2.11 bits per heavy atom. The number of carbonyl (C=O) groups is 1. The molecule has 0 aromatic heterocycles. The van der Waals surface area contributed by atoms with Crippen LogP contribution in [0, 0.1) is 5.82 Å². The minimum absolute atomic E-state index is 0.111. The molecular formula is C12H10BrF4NO. The Morgan fingerprint density at radius 1 is 1.42 bits per heavy atom. The van der Waals surface area contributed by atoms with Gasteiger partial charge in [0.1, 0.15) is 12.2 Å². The highest BCUT2D eigenvalue weighted by molar-refractivity contribution is 9.10. The van der Waals surface area contributed by atoms with Crippen LogP contribution in [0.25, 0.3) is 0 Å². The first-order chi connectivity index (χ1) is 8.76. The summed E-state index contributed by atoms with van der Waals surface area (Å²) in [5.41, 5.74) is 0.679. The minimum Gasteiger partial charge on any atom is -0.352 e. The van der Waals surface area contributed by atoms with E-state index in [1.165, 1.54) is 12.1 Å². The molecule has 1 aromatic rings. The summed E-state index contributed by atoms with van der Waals surface area (Å²) in [6, 6.07) is 4.21. The first-order valence-corrected chi connectivity index (χ1v) is 6.36. The molecule has 1 fully saturated rings. The number of nitrogens with one attached hydrogen (secondary N) is 1. The number of hydrogen-bond acceptors (Lipinski definition) is 1. The van der Waals surface area contributed by atoms with Crippen molar-refractivity contribution in [3.05, 3.63) is 34.1 Å². The molecule has 1 aliphatic carbocycles. The van der Waals surface area contributed by atoms with Crippen LogP contribution in [-0.2, 0) is 4.79 Å². The van der Waals surface area contributed by atoms with Crippen molar-refractivity contribution in [2.24, 2.45) is 0 Å². The van der Waals surface area contributed by atoms with Crippen LogP contribution < -0.4 is 5.32 Å². The number of benzene rings is 1. The van der Waals surface area contributed by atoms with Gasteiger partial charge in [-0.15, -0.1) is 0 Å². The lowest BCUT2D eigenvalue weighted by atomic mass is 10.1. The van der Waals surface area contributed by atoms with Crippen molar-refractivity contribution in [2.75, 3.05) is 0 Å². The number of amides is 1. The molecule has 2 atom stereocenters. The van der Waals surface area contributed by atoms with Crippen LogP contribution in [0.4, 0.5) is 17.6 Å². The zero-order chi connectivity index (χ0) is 14.2. The first-order valence-electron chi connectivity index (χ1n) is 5.57. The summed E-state index contributed by atoms with van der Waals surface area (Å²) in [4.78, 5) is 11.1. The van der Waals surface area contributed by atoms with Gasteiger partial charge in [0.25, 0.3) is 0 Å². The molecule has 104 valence electrons. The Kier molecular flexibility index (Phi) is 3.85. The third-order valence-corrected chi connectivity index (χ3v) is 3.51. The third-order valence-electron chi connectivity index (χ3n) is 2.87. The SMILES string of the molecule is O=C(CC(F)(F)F)N[C@@H]1C[C@H]1c1ccc(Br)c(F)c1. The van der Waals surface area contributed by atoms with E-state index >= 15 is 0 Å². The van der Waals surface area contributed by atoms with E-state index in [0.717, 1.165) is 0 Å². The Morgan fingerprint density at radius 3 is 2.68 bits per heavy atom. The van der Waals surface area contributed by atoms with E-state index in [0.29, 0.717) is 16.5 Å². The number of carbonyl (C=O) groups excluding carboxylic acids is 1. The molecular weight excluding hydrogens is 330 g/mol. The summed E-state index contributed by atoms with van der Waals surface area (Å²) in [5, 5.41) is 2.30. The fourth-order valence-electron chi connectivity index (χ4n) is 1.91. The average molecular weight is 340 g/mol. The van der Waals surface area contributed by atoms with Gasteiger partial charge in [-0.2, -0.15) is 13.2 Å². The quantitative estimate of drug-likeness (QED) is 0.839. The van der Waals surface area contributed by atoms with Crippen LogP contribution in [0.5, 0.6) is 0 Å². The van der Waals surface area contributed by atoms with Crippen LogP contribution in [0.2, 0.25) is 0 Å². The van der Waals surface area contributed by atoms with Gasteiger partial charge in [-0.3, -0.25) is 4.79 Å². The van der Waals surface area contributed by atoms with E-state index in [2.05, 4.69) is 21.2 Å². The van der Waals surface area contributed by atoms with E-state index in [-0.39, 0.29) is 12.0 Å². The Balaban J connectivity index is 1.90. The van der Waals surface area contributed by atoms with Gasteiger partial charge in [-0.25, -0.2) is 4.39 Å². The van der Waals surface area contributed by atoms with Crippen molar-refractivity contribution in [2.45, 2.75) is 31.0 Å². The predicted octanol–water partition coefficient (Wildman–Crippen LogP) is 3.51. The number of halogens is 5. The molecule has 1 aliphatic rings. The monoisotopic (exact) mass is 339 g/mol. The zero-order valence-corrected chi connectivity index (χ0v) is 11.2. The standard InChI is InChI=1S/C12H10BrF4NO/c13-8-2-1-6(3-9(8)14)7-4-10(7)18-11(19)5-12(15,16)17/h1-3,7,10H,4-5H2,(H,18,19)/t7-,10+/m0/s1. The second kappa shape index (κ2) is 5.11. The lowest BCUT2D eigenvalue weighted by Crippen LogP contribution is -2.30. The summed E-state index contributed by atoms with van der Waals surface area (Å²) in [5.74, 6) is -1.58. The van der Waals surface area contributed by atoms with E-state index in [4.69, 9.17) is 0 Å². The van der Waals surface area contributed by atoms with Crippen LogP contribution in [-0.4, -0.2) is 18.1 Å². The lowest BCUT2D eigenvalue weighted by molar-refractivity contribution is -0.153. The van der Waals surface area contributed by atoms with Crippen molar-refractivity contribution in [3.63, 3.8) is 0 Å². The van der Waals surface area contributed by atoms with Gasteiger partial charge in [-0.05, 0) is 40.0 Å². The maximum Gasteiger partial charge on any atom is 0.397 e. The molecule has 0 unspecified atom stereocenters. The van der Waals surface area contributed by atoms with E-state index in [9.17, 15) is 22.4 Å². The van der Waals surface area contributed by atoms with Crippen LogP contribution >= 0.6 is 15.9 Å². The number of hydrogen-bond donors (Lipinski definition) is 1. The topological polar surface area (TPSA) is 29.1 Å². The van der Waals surface area contributed by atoms with Gasteiger partial charge in [0.05, 0.1) is 4.47 Å². The molecule has 0 aliphatic heterocycles. The highest BCUT2D eigenvalue weighted by atomic mass is 79.9. The first kappa shape index (κ1) is 14.3. The molecule has 2 nitrogen and oxygen atoms in total. The van der Waals surface area contributed by atoms with Gasteiger partial charge in [0.15, 0.2) is 0 Å². The van der Waals surface area contributed by atoms with E-state index < -0.39 is 24.3 Å². The maximum atomic E-state index is 13.3. The lowest BCUT2D eigenvalue weighted by Gasteiger charge is -2.07. The van der Waals surface area contributed by atoms with Crippen molar-refractivity contribution >= 4 is 21.8 Å². The summed E-state index contributed by atoms with van der Waals surface area (Å²) in [7, 11) is 0. The number of alkyl halides is 3. The smallest absolute Gasteiger partial charge is 0.352 e. The molecule has 19 heavy (non-hydrogen) atoms. The minimum atomic E-state index is -4.50. The summed E-state index contributed by atoms with van der Waals surface area (Å²) < 4.78 is 49.6. The second-order valence-electron chi connectivity index (χ2n) is 4.48. The molecule has 1 N–H and O–H groups in total. The summed E-state index contributed by atoms with van der Waals surface area (Å²) in [6.07, 6.45) is -5.45. The van der Waals surface area contributed by atoms with Crippen LogP contribution in [0.1, 0.15) is 24.3 Å². The van der Waals surface area contributed by atoms with Gasteiger partial charge < -0.3 is 5.32 Å². The van der Waals surface area contributed by atoms with Gasteiger partial charge >= 0.3 is 6.18 Å². The number of rotatable bonds is 3. The van der Waals surface area contributed by atoms with Crippen molar-refractivity contribution < 1.29 is 22.4 Å². The van der Waals surface area contributed by atoms with Crippen molar-refractivity contribution in [3.8, 4) is 0 Å². The zero-order valence-electron chi connectivity index (χ0n) is 9.60. The normalized spacial score (nSPS) is 22.2. The molecule has 0 heterocycles. The molecule has 2 rings (SSSR count). The fraction of sp³-hybridized carbons (Fsp3) is 0.417. The molecule has 0 saturated heterocycles. The molecule has 0 spiro atoms. The highest BCUT2D eigenvalue weighted by Crippen LogP contribution is 2.41. The molecule has 1 amide bonds. The van der Waals surface area contributed by atoms with Crippen molar-refractivity contribution in [1.82, 2.24) is 5.32 Å². The molecule has 1 saturated carbocycles. The van der Waals surface area contributed by atoms with Crippen LogP contribution in [0.15, 0.2) is 22.7 Å².